The fourth-order valence-electron chi connectivity index (χ4n) is 3.58. The van der Waals surface area contributed by atoms with Crippen LogP contribution in [0.3, 0.4) is 0 Å². The summed E-state index contributed by atoms with van der Waals surface area (Å²) in [6.07, 6.45) is 3.38. The van der Waals surface area contributed by atoms with E-state index in [1.165, 1.54) is 0 Å². The molecule has 1 saturated heterocycles. The molecule has 0 aliphatic carbocycles. The first kappa shape index (κ1) is 19.2. The molecule has 1 aliphatic rings. The number of nitrogens with zero attached hydrogens (tertiary/aromatic N) is 2. The summed E-state index contributed by atoms with van der Waals surface area (Å²) in [4.78, 5) is 18.5. The van der Waals surface area contributed by atoms with Crippen LogP contribution in [0.1, 0.15) is 44.7 Å². The predicted octanol–water partition coefficient (Wildman–Crippen LogP) is 3.77. The quantitative estimate of drug-likeness (QED) is 0.809. The van der Waals surface area contributed by atoms with Crippen LogP contribution in [0.25, 0.3) is 11.1 Å². The van der Waals surface area contributed by atoms with Gasteiger partial charge >= 0.3 is 6.09 Å². The van der Waals surface area contributed by atoms with E-state index >= 15 is 0 Å². The van der Waals surface area contributed by atoms with Gasteiger partial charge in [-0.2, -0.15) is 0 Å². The molecule has 1 aliphatic heterocycles. The maximum absolute atomic E-state index is 12.6. The number of aromatic nitrogens is 1. The normalized spacial score (nSPS) is 21.0. The zero-order chi connectivity index (χ0) is 19.4. The number of anilines is 1. The number of amides is 1. The summed E-state index contributed by atoms with van der Waals surface area (Å²) in [6, 6.07) is 11.7. The van der Waals surface area contributed by atoms with E-state index in [0.717, 1.165) is 23.1 Å². The largest absolute Gasteiger partial charge is 0.443 e. The molecule has 0 bridgehead atoms. The summed E-state index contributed by atoms with van der Waals surface area (Å²) in [5, 5.41) is 9.27. The Morgan fingerprint density at radius 2 is 1.96 bits per heavy atom. The number of ether oxygens (including phenoxy) is 1. The number of nitrogen functional groups attached to an aromatic ring is 1. The van der Waals surface area contributed by atoms with Gasteiger partial charge in [0, 0.05) is 37.8 Å². The molecule has 27 heavy (non-hydrogen) atoms. The Kier molecular flexibility index (Phi) is 5.65. The third-order valence-electron chi connectivity index (χ3n) is 5.54. The van der Waals surface area contributed by atoms with E-state index in [2.05, 4.69) is 4.98 Å². The van der Waals surface area contributed by atoms with Gasteiger partial charge in [0.2, 0.25) is 0 Å². The van der Waals surface area contributed by atoms with Crippen LogP contribution in [-0.4, -0.2) is 39.8 Å². The highest BCUT2D eigenvalue weighted by atomic mass is 16.6. The van der Waals surface area contributed by atoms with Crippen LogP contribution in [0.15, 0.2) is 42.6 Å². The van der Waals surface area contributed by atoms with Gasteiger partial charge in [-0.3, -0.25) is 0 Å². The lowest BCUT2D eigenvalue weighted by Gasteiger charge is -2.42. The molecule has 6 nitrogen and oxygen atoms in total. The minimum absolute atomic E-state index is 0.0259. The van der Waals surface area contributed by atoms with Gasteiger partial charge < -0.3 is 20.5 Å². The Balaban J connectivity index is 1.71. The molecule has 0 radical (unpaired) electrons. The molecule has 2 atom stereocenters. The average Bonchev–Trinajstić information content (AvgIpc) is 2.68. The number of carbonyl (C=O) groups is 1. The second-order valence-electron chi connectivity index (χ2n) is 7.09. The standard InChI is InChI=1S/C21H27N3O3/c1-3-21(11-13-25)10-12-24(20(26)27-21)15(2)16-4-6-17(7-5-16)18-8-9-19(22)23-14-18/h4-9,14-15,25H,3,10-13H2,1-2H3,(H2,22,23). The summed E-state index contributed by atoms with van der Waals surface area (Å²) in [7, 11) is 0. The lowest BCUT2D eigenvalue weighted by molar-refractivity contribution is -0.0690. The van der Waals surface area contributed by atoms with Crippen molar-refractivity contribution in [3.63, 3.8) is 0 Å². The molecule has 0 saturated carbocycles. The lowest BCUT2D eigenvalue weighted by atomic mass is 9.90. The third-order valence-corrected chi connectivity index (χ3v) is 5.54. The number of carbonyl (C=O) groups excluding carboxylic acids is 1. The van der Waals surface area contributed by atoms with Crippen molar-refractivity contribution in [2.24, 2.45) is 0 Å². The molecule has 1 aromatic heterocycles. The molecule has 2 aromatic rings. The van der Waals surface area contributed by atoms with Crippen molar-refractivity contribution in [1.29, 1.82) is 0 Å². The van der Waals surface area contributed by atoms with Gasteiger partial charge in [0.1, 0.15) is 11.4 Å². The Hall–Kier alpha value is -2.60. The second-order valence-corrected chi connectivity index (χ2v) is 7.09. The third kappa shape index (κ3) is 4.06. The summed E-state index contributed by atoms with van der Waals surface area (Å²) in [5.74, 6) is 0.497. The van der Waals surface area contributed by atoms with E-state index in [0.29, 0.717) is 25.2 Å². The van der Waals surface area contributed by atoms with Crippen molar-refractivity contribution < 1.29 is 14.6 Å². The summed E-state index contributed by atoms with van der Waals surface area (Å²) < 4.78 is 5.73. The molecule has 1 fully saturated rings. The molecular formula is C21H27N3O3. The van der Waals surface area contributed by atoms with E-state index in [1.54, 1.807) is 17.2 Å². The highest BCUT2D eigenvalue weighted by Gasteiger charge is 2.40. The Bertz CT molecular complexity index is 776. The Labute approximate surface area is 160 Å². The fraction of sp³-hybridized carbons (Fsp3) is 0.429. The van der Waals surface area contributed by atoms with E-state index in [-0.39, 0.29) is 18.7 Å². The minimum atomic E-state index is -0.534. The molecule has 0 spiro atoms. The first-order chi connectivity index (χ1) is 13.0. The van der Waals surface area contributed by atoms with Gasteiger partial charge in [0.25, 0.3) is 0 Å². The maximum Gasteiger partial charge on any atom is 0.410 e. The van der Waals surface area contributed by atoms with E-state index in [4.69, 9.17) is 10.5 Å². The first-order valence-corrected chi connectivity index (χ1v) is 9.40. The molecule has 3 rings (SSSR count). The van der Waals surface area contributed by atoms with Gasteiger partial charge in [-0.05, 0) is 36.6 Å². The second kappa shape index (κ2) is 7.96. The van der Waals surface area contributed by atoms with E-state index < -0.39 is 5.60 Å². The monoisotopic (exact) mass is 369 g/mol. The summed E-state index contributed by atoms with van der Waals surface area (Å²) in [5.41, 5.74) is 8.20. The molecule has 2 unspecified atom stereocenters. The molecule has 1 aromatic carbocycles. The van der Waals surface area contributed by atoms with Crippen LogP contribution in [-0.2, 0) is 4.74 Å². The van der Waals surface area contributed by atoms with Gasteiger partial charge in [0.15, 0.2) is 0 Å². The number of aliphatic hydroxyl groups excluding tert-OH is 1. The van der Waals surface area contributed by atoms with Crippen molar-refractivity contribution in [3.05, 3.63) is 48.2 Å². The van der Waals surface area contributed by atoms with Gasteiger partial charge in [-0.1, -0.05) is 31.2 Å². The van der Waals surface area contributed by atoms with Gasteiger partial charge in [-0.15, -0.1) is 0 Å². The van der Waals surface area contributed by atoms with Crippen LogP contribution < -0.4 is 5.73 Å². The van der Waals surface area contributed by atoms with Crippen molar-refractivity contribution in [2.75, 3.05) is 18.9 Å². The zero-order valence-electron chi connectivity index (χ0n) is 15.9. The van der Waals surface area contributed by atoms with Gasteiger partial charge in [0.05, 0.1) is 6.04 Å². The molecular weight excluding hydrogens is 342 g/mol. The van der Waals surface area contributed by atoms with E-state index in [9.17, 15) is 9.90 Å². The highest BCUT2D eigenvalue weighted by molar-refractivity contribution is 5.70. The minimum Gasteiger partial charge on any atom is -0.443 e. The molecule has 3 N–H and O–H groups in total. The van der Waals surface area contributed by atoms with Crippen LogP contribution >= 0.6 is 0 Å². The van der Waals surface area contributed by atoms with Crippen LogP contribution in [0, 0.1) is 0 Å². The van der Waals surface area contributed by atoms with E-state index in [1.807, 2.05) is 44.2 Å². The molecule has 6 heteroatoms. The van der Waals surface area contributed by atoms with Gasteiger partial charge in [-0.25, -0.2) is 9.78 Å². The summed E-state index contributed by atoms with van der Waals surface area (Å²) >= 11 is 0. The Morgan fingerprint density at radius 1 is 1.26 bits per heavy atom. The van der Waals surface area contributed by atoms with Crippen molar-refractivity contribution in [3.8, 4) is 11.1 Å². The van der Waals surface area contributed by atoms with Crippen molar-refractivity contribution in [2.45, 2.75) is 44.8 Å². The fourth-order valence-corrected chi connectivity index (χ4v) is 3.58. The molecule has 1 amide bonds. The van der Waals surface area contributed by atoms with Crippen molar-refractivity contribution in [1.82, 2.24) is 9.88 Å². The number of hydrogen-bond acceptors (Lipinski definition) is 5. The maximum atomic E-state index is 12.6. The number of cyclic esters (lactones) is 1. The number of rotatable bonds is 6. The number of pyridine rings is 1. The highest BCUT2D eigenvalue weighted by Crippen LogP contribution is 2.34. The predicted molar refractivity (Wildman–Crippen MR) is 105 cm³/mol. The number of benzene rings is 1. The topological polar surface area (TPSA) is 88.7 Å². The molecule has 2 heterocycles. The zero-order valence-corrected chi connectivity index (χ0v) is 15.9. The summed E-state index contributed by atoms with van der Waals surface area (Å²) in [6.45, 7) is 4.65. The number of aliphatic hydroxyl groups is 1. The number of hydrogen-bond donors (Lipinski definition) is 2. The van der Waals surface area contributed by atoms with Crippen LogP contribution in [0.2, 0.25) is 0 Å². The molecule has 144 valence electrons. The first-order valence-electron chi connectivity index (χ1n) is 9.40. The average molecular weight is 369 g/mol. The SMILES string of the molecule is CCC1(CCO)CCN(C(C)c2ccc(-c3ccc(N)nc3)cc2)C(=O)O1. The Morgan fingerprint density at radius 3 is 2.52 bits per heavy atom. The van der Waals surface area contributed by atoms with Crippen molar-refractivity contribution >= 4 is 11.9 Å². The number of nitrogens with two attached hydrogens (primary N) is 1. The van der Waals surface area contributed by atoms with Crippen LogP contribution in [0.4, 0.5) is 10.6 Å². The van der Waals surface area contributed by atoms with Crippen LogP contribution in [0.5, 0.6) is 0 Å². The smallest absolute Gasteiger partial charge is 0.410 e. The lowest BCUT2D eigenvalue weighted by Crippen LogP contribution is -2.50.